The fourth-order valence-electron chi connectivity index (χ4n) is 5.20. The van der Waals surface area contributed by atoms with Crippen molar-refractivity contribution in [2.75, 3.05) is 5.32 Å². The van der Waals surface area contributed by atoms with E-state index in [-0.39, 0.29) is 82.5 Å². The van der Waals surface area contributed by atoms with E-state index < -0.39 is 35.0 Å². The summed E-state index contributed by atoms with van der Waals surface area (Å²) in [6, 6.07) is 24.8. The fourth-order valence-corrected chi connectivity index (χ4v) is 5.20. The molecule has 3 aromatic carbocycles. The quantitative estimate of drug-likeness (QED) is 0.0913. The van der Waals surface area contributed by atoms with Gasteiger partial charge in [-0.2, -0.15) is 0 Å². The molecule has 1 amide bonds. The summed E-state index contributed by atoms with van der Waals surface area (Å²) in [5.41, 5.74) is 4.77. The zero-order valence-electron chi connectivity index (χ0n) is 25.9. The molecule has 11 nitrogen and oxygen atoms in total. The van der Waals surface area contributed by atoms with E-state index in [4.69, 9.17) is 22.6 Å². The molecule has 0 bridgehead atoms. The monoisotopic (exact) mass is 742 g/mol. The number of nitrogens with one attached hydrogen (secondary N) is 1. The molecule has 0 spiro atoms. The van der Waals surface area contributed by atoms with E-state index in [9.17, 15) is 24.2 Å². The van der Waals surface area contributed by atoms with Gasteiger partial charge in [0.05, 0.1) is 29.9 Å². The Labute approximate surface area is 309 Å². The Bertz CT molecular complexity index is 1710. The van der Waals surface area contributed by atoms with Crippen LogP contribution in [0.5, 0.6) is 0 Å². The number of carboxylic acid groups (broad SMARTS) is 1. The normalized spacial score (nSPS) is 12.3. The predicted molar refractivity (Wildman–Crippen MR) is 173 cm³/mol. The molecule has 14 heteroatoms. The van der Waals surface area contributed by atoms with Crippen LogP contribution in [0.25, 0.3) is 22.4 Å². The number of amides is 1. The molecule has 0 aliphatic heterocycles. The van der Waals surface area contributed by atoms with Crippen LogP contribution < -0.4 is 5.32 Å². The molecular formula is C33H35FN2O9SSr. The molecule has 0 unspecified atom stereocenters. The Balaban J connectivity index is 0.00000119. The number of rotatable bonds is 12. The number of anilines is 1. The first kappa shape index (κ1) is 40.3. The number of carboxylic acids is 1. The number of aliphatic carboxylic acids is 1. The second kappa shape index (κ2) is 18.6. The van der Waals surface area contributed by atoms with E-state index in [0.717, 1.165) is 11.3 Å². The summed E-state index contributed by atoms with van der Waals surface area (Å²) < 4.78 is 50.1. The van der Waals surface area contributed by atoms with Crippen molar-refractivity contribution in [1.82, 2.24) is 4.57 Å². The van der Waals surface area contributed by atoms with Gasteiger partial charge in [0.15, 0.2) is 0 Å². The van der Waals surface area contributed by atoms with E-state index >= 15 is 0 Å². The van der Waals surface area contributed by atoms with Crippen molar-refractivity contribution in [2.24, 2.45) is 0 Å². The minimum atomic E-state index is -5.17. The second-order valence-electron chi connectivity index (χ2n) is 10.8. The van der Waals surface area contributed by atoms with Gasteiger partial charge in [-0.1, -0.05) is 62.4 Å². The summed E-state index contributed by atoms with van der Waals surface area (Å²) in [6.45, 7) is 4.25. The van der Waals surface area contributed by atoms with Crippen molar-refractivity contribution in [3.63, 3.8) is 0 Å². The van der Waals surface area contributed by atoms with Gasteiger partial charge in [0.1, 0.15) is 5.82 Å². The zero-order valence-corrected chi connectivity index (χ0v) is 30.2. The van der Waals surface area contributed by atoms with Gasteiger partial charge < -0.3 is 34.3 Å². The Morgan fingerprint density at radius 3 is 1.91 bits per heavy atom. The van der Waals surface area contributed by atoms with Crippen LogP contribution in [0.3, 0.4) is 0 Å². The van der Waals surface area contributed by atoms with Crippen molar-refractivity contribution in [2.45, 2.75) is 57.8 Å². The van der Waals surface area contributed by atoms with Crippen LogP contribution in [-0.4, -0.2) is 107 Å². The molecule has 0 aliphatic rings. The number of carbonyl (C=O) groups is 2. The molecule has 4 rings (SSSR count). The van der Waals surface area contributed by atoms with E-state index in [1.165, 1.54) is 12.1 Å². The topological polar surface area (TPSA) is 192 Å². The number of aromatic nitrogens is 1. The van der Waals surface area contributed by atoms with Gasteiger partial charge in [0, 0.05) is 33.9 Å². The van der Waals surface area contributed by atoms with Crippen molar-refractivity contribution in [3.05, 3.63) is 102 Å². The van der Waals surface area contributed by atoms with Crippen molar-refractivity contribution >= 4 is 73.4 Å². The first-order valence-electron chi connectivity index (χ1n) is 14.3. The average molecular weight is 742 g/mol. The molecule has 2 atom stereocenters. The van der Waals surface area contributed by atoms with E-state index in [2.05, 4.69) is 5.32 Å². The van der Waals surface area contributed by atoms with Crippen molar-refractivity contribution in [3.8, 4) is 22.4 Å². The number of halogens is 1. The summed E-state index contributed by atoms with van der Waals surface area (Å²) >= 11 is 0. The van der Waals surface area contributed by atoms with Gasteiger partial charge in [-0.15, -0.1) is 0 Å². The maximum Gasteiger partial charge on any atom is 2.00 e. The first-order valence-corrected chi connectivity index (χ1v) is 15.7. The van der Waals surface area contributed by atoms with Crippen LogP contribution in [0.2, 0.25) is 0 Å². The molecule has 4 aromatic rings. The summed E-state index contributed by atoms with van der Waals surface area (Å²) in [6.07, 6.45) is -2.51. The third-order valence-electron chi connectivity index (χ3n) is 6.93. The van der Waals surface area contributed by atoms with Gasteiger partial charge in [0.2, 0.25) is 0 Å². The van der Waals surface area contributed by atoms with Crippen molar-refractivity contribution < 1.29 is 46.8 Å². The summed E-state index contributed by atoms with van der Waals surface area (Å²) in [5, 5.41) is 32.8. The van der Waals surface area contributed by atoms with E-state index in [0.29, 0.717) is 28.1 Å². The van der Waals surface area contributed by atoms with Crippen LogP contribution in [0.15, 0.2) is 84.9 Å². The van der Waals surface area contributed by atoms with Crippen molar-refractivity contribution in [1.29, 1.82) is 0 Å². The average Bonchev–Trinajstić information content (AvgIpc) is 3.32. The van der Waals surface area contributed by atoms with E-state index in [1.807, 2.05) is 79.1 Å². The molecule has 0 radical (unpaired) electrons. The van der Waals surface area contributed by atoms with E-state index in [1.54, 1.807) is 12.1 Å². The van der Waals surface area contributed by atoms with Crippen LogP contribution in [-0.2, 0) is 21.7 Å². The molecule has 1 aromatic heterocycles. The third kappa shape index (κ3) is 12.6. The Kier molecular flexibility index (Phi) is 15.9. The molecule has 0 saturated heterocycles. The minimum Gasteiger partial charge on any atom is -0.759 e. The molecular weight excluding hydrogens is 707 g/mol. The van der Waals surface area contributed by atoms with Crippen LogP contribution in [0, 0.1) is 5.82 Å². The second-order valence-corrected chi connectivity index (χ2v) is 11.6. The largest absolute Gasteiger partial charge is 2.00 e. The molecule has 1 heterocycles. The molecule has 0 saturated carbocycles. The van der Waals surface area contributed by atoms with Gasteiger partial charge in [-0.25, -0.2) is 4.39 Å². The molecule has 246 valence electrons. The molecule has 4 N–H and O–H groups in total. The predicted octanol–water partition coefficient (Wildman–Crippen LogP) is 4.59. The smallest absolute Gasteiger partial charge is 0.759 e. The minimum absolute atomic E-state index is 0. The van der Waals surface area contributed by atoms with Gasteiger partial charge in [0.25, 0.3) is 5.91 Å². The van der Waals surface area contributed by atoms with Crippen LogP contribution >= 0.6 is 0 Å². The van der Waals surface area contributed by atoms with Gasteiger partial charge in [-0.3, -0.25) is 18.0 Å². The Hall–Kier alpha value is -2.92. The molecule has 0 aliphatic carbocycles. The van der Waals surface area contributed by atoms with Gasteiger partial charge in [-0.05, 0) is 66.3 Å². The maximum atomic E-state index is 14.0. The Morgan fingerprint density at radius 2 is 1.40 bits per heavy atom. The first-order chi connectivity index (χ1) is 21.7. The fraction of sp³-hybridized carbons (Fsp3) is 0.273. The number of para-hydroxylation sites is 1. The van der Waals surface area contributed by atoms with Crippen LogP contribution in [0.4, 0.5) is 10.1 Å². The van der Waals surface area contributed by atoms with Crippen LogP contribution in [0.1, 0.15) is 55.1 Å². The maximum absolute atomic E-state index is 14.0. The third-order valence-corrected chi connectivity index (χ3v) is 6.93. The van der Waals surface area contributed by atoms with Gasteiger partial charge >= 0.3 is 51.5 Å². The zero-order chi connectivity index (χ0) is 34.0. The number of nitrogens with zero attached hydrogens (tertiary/aromatic N) is 1. The molecule has 0 fully saturated rings. The Morgan fingerprint density at radius 1 is 0.872 bits per heavy atom. The summed E-state index contributed by atoms with van der Waals surface area (Å²) in [7, 11) is -5.17. The number of benzene rings is 3. The number of carbonyl (C=O) groups excluding carboxylic acids is 1. The number of aliphatic hydroxyl groups excluding tert-OH is 2. The molecule has 47 heavy (non-hydrogen) atoms. The number of aliphatic hydroxyl groups is 2. The number of hydrogen-bond donors (Lipinski definition) is 4. The summed E-state index contributed by atoms with van der Waals surface area (Å²) in [5.74, 6) is -1.93. The summed E-state index contributed by atoms with van der Waals surface area (Å²) in [4.78, 5) is 25.0. The SMILES string of the molecule is CC(C)c1c(C(=O)Nc2ccccc2)c(-c2ccccc2)c(-c2ccc(F)cc2)n1CC[C@@H](O)C[C@@H](O)CC(=O)O.O=S(=O)([O-])[O-].[Sr+2]. The number of hydrogen-bond acceptors (Lipinski definition) is 8. The standard InChI is InChI=1S/C33H35FN2O5.H2O4S.Sr/c1-21(2)31-30(33(41)35-25-11-7-4-8-12-25)29(22-9-5-3-6-10-22)32(23-13-15-24(34)16-14-23)36(31)18-17-26(37)19-27(38)20-28(39)40;1-5(2,3)4;/h3-16,21,26-27,37-38H,17-20H2,1-2H3,(H,35,41)(H,39,40);(H2,1,2,3,4);/q;;+2/p-2/t26-,27-;;/m1../s1.